The summed E-state index contributed by atoms with van der Waals surface area (Å²) in [5.74, 6) is 0. The molecule has 2 amide bonds. The van der Waals surface area contributed by atoms with Gasteiger partial charge in [0, 0.05) is 19.7 Å². The maximum Gasteiger partial charge on any atom is 0.314 e. The van der Waals surface area contributed by atoms with Gasteiger partial charge in [-0.3, -0.25) is 0 Å². The number of rotatable bonds is 7. The van der Waals surface area contributed by atoms with Crippen LogP contribution in [0, 0.1) is 10.8 Å². The van der Waals surface area contributed by atoms with Crippen molar-refractivity contribution < 1.29 is 9.90 Å². The predicted octanol–water partition coefficient (Wildman–Crippen LogP) is 2.52. The molecule has 18 heavy (non-hydrogen) atoms. The highest BCUT2D eigenvalue weighted by molar-refractivity contribution is 5.73. The van der Waals surface area contributed by atoms with Crippen LogP contribution in [0.2, 0.25) is 0 Å². The van der Waals surface area contributed by atoms with Crippen LogP contribution in [0.15, 0.2) is 0 Å². The number of nitrogens with one attached hydrogen (secondary N) is 2. The lowest BCUT2D eigenvalue weighted by molar-refractivity contribution is 0.201. The van der Waals surface area contributed by atoms with Crippen molar-refractivity contribution in [2.45, 2.75) is 53.9 Å². The van der Waals surface area contributed by atoms with Crippen LogP contribution in [0.25, 0.3) is 0 Å². The number of carbonyl (C=O) groups is 1. The largest absolute Gasteiger partial charge is 0.396 e. The predicted molar refractivity (Wildman–Crippen MR) is 75.6 cm³/mol. The first-order valence-electron chi connectivity index (χ1n) is 6.79. The van der Waals surface area contributed by atoms with E-state index in [1.165, 1.54) is 0 Å². The van der Waals surface area contributed by atoms with Crippen LogP contribution in [0.5, 0.6) is 0 Å². The van der Waals surface area contributed by atoms with E-state index in [-0.39, 0.29) is 18.1 Å². The van der Waals surface area contributed by atoms with Gasteiger partial charge in [-0.2, -0.15) is 0 Å². The lowest BCUT2D eigenvalue weighted by atomic mass is 9.90. The zero-order chi connectivity index (χ0) is 14.2. The first-order chi connectivity index (χ1) is 8.16. The van der Waals surface area contributed by atoms with Gasteiger partial charge < -0.3 is 15.7 Å². The van der Waals surface area contributed by atoms with Crippen molar-refractivity contribution in [1.82, 2.24) is 10.6 Å². The van der Waals surface area contributed by atoms with Gasteiger partial charge in [-0.05, 0) is 30.1 Å². The molecule has 4 heteroatoms. The molecule has 0 aliphatic rings. The van der Waals surface area contributed by atoms with Gasteiger partial charge >= 0.3 is 6.03 Å². The minimum atomic E-state index is -0.116. The van der Waals surface area contributed by atoms with Crippen LogP contribution in [-0.2, 0) is 0 Å². The average molecular weight is 258 g/mol. The molecule has 0 saturated heterocycles. The number of amides is 2. The molecule has 0 fully saturated rings. The maximum absolute atomic E-state index is 11.5. The van der Waals surface area contributed by atoms with Crippen molar-refractivity contribution in [2.75, 3.05) is 19.7 Å². The van der Waals surface area contributed by atoms with Crippen LogP contribution in [0.4, 0.5) is 4.79 Å². The standard InChI is InChI=1S/C14H30N2O2/c1-13(2,3)7-6-9-15-12(18)16-11-14(4,5)8-10-17/h17H,6-11H2,1-5H3,(H2,15,16,18). The van der Waals surface area contributed by atoms with Gasteiger partial charge in [0.05, 0.1) is 0 Å². The number of urea groups is 1. The van der Waals surface area contributed by atoms with Crippen LogP contribution in [0.3, 0.4) is 0 Å². The fourth-order valence-electron chi connectivity index (χ4n) is 1.59. The van der Waals surface area contributed by atoms with E-state index in [0.717, 1.165) is 12.8 Å². The zero-order valence-electron chi connectivity index (χ0n) is 12.6. The second-order valence-corrected chi connectivity index (χ2v) is 6.91. The molecule has 0 rings (SSSR count). The fraction of sp³-hybridized carbons (Fsp3) is 0.929. The van der Waals surface area contributed by atoms with E-state index in [2.05, 4.69) is 31.4 Å². The number of carbonyl (C=O) groups excluding carboxylic acids is 1. The third kappa shape index (κ3) is 10.4. The van der Waals surface area contributed by atoms with E-state index in [1.807, 2.05) is 13.8 Å². The van der Waals surface area contributed by atoms with Gasteiger partial charge in [0.2, 0.25) is 0 Å². The van der Waals surface area contributed by atoms with Gasteiger partial charge in [0.1, 0.15) is 0 Å². The molecule has 0 aliphatic heterocycles. The molecule has 108 valence electrons. The monoisotopic (exact) mass is 258 g/mol. The molecule has 0 saturated carbocycles. The van der Waals surface area contributed by atoms with Crippen LogP contribution in [-0.4, -0.2) is 30.8 Å². The minimum absolute atomic E-state index is 0.0580. The zero-order valence-corrected chi connectivity index (χ0v) is 12.6. The van der Waals surface area contributed by atoms with Gasteiger partial charge in [-0.1, -0.05) is 34.6 Å². The third-order valence-corrected chi connectivity index (χ3v) is 2.91. The average Bonchev–Trinajstić information content (AvgIpc) is 2.20. The Balaban J connectivity index is 3.66. The summed E-state index contributed by atoms with van der Waals surface area (Å²) in [7, 11) is 0. The molecule has 0 atom stereocenters. The SMILES string of the molecule is CC(C)(C)CCCNC(=O)NCC(C)(C)CCO. The molecule has 0 spiro atoms. The second-order valence-electron chi connectivity index (χ2n) is 6.91. The summed E-state index contributed by atoms with van der Waals surface area (Å²) in [6, 6.07) is -0.116. The Morgan fingerprint density at radius 1 is 1.06 bits per heavy atom. The molecule has 0 heterocycles. The fourth-order valence-corrected chi connectivity index (χ4v) is 1.59. The number of aliphatic hydroxyl groups is 1. The normalized spacial score (nSPS) is 12.3. The highest BCUT2D eigenvalue weighted by Gasteiger charge is 2.17. The van der Waals surface area contributed by atoms with E-state index in [9.17, 15) is 4.79 Å². The molecule has 0 unspecified atom stereocenters. The minimum Gasteiger partial charge on any atom is -0.396 e. The molecular weight excluding hydrogens is 228 g/mol. The topological polar surface area (TPSA) is 61.4 Å². The summed E-state index contributed by atoms with van der Waals surface area (Å²) >= 11 is 0. The quantitative estimate of drug-likeness (QED) is 0.614. The molecule has 0 aromatic carbocycles. The molecular formula is C14H30N2O2. The Bertz CT molecular complexity index is 245. The summed E-state index contributed by atoms with van der Waals surface area (Å²) in [6.07, 6.45) is 2.79. The molecule has 0 bridgehead atoms. The smallest absolute Gasteiger partial charge is 0.314 e. The van der Waals surface area contributed by atoms with Crippen molar-refractivity contribution in [3.8, 4) is 0 Å². The summed E-state index contributed by atoms with van der Waals surface area (Å²) in [6.45, 7) is 12.1. The maximum atomic E-state index is 11.5. The second kappa shape index (κ2) is 7.62. The lowest BCUT2D eigenvalue weighted by Gasteiger charge is -2.24. The molecule has 0 radical (unpaired) electrons. The van der Waals surface area contributed by atoms with Crippen molar-refractivity contribution in [3.05, 3.63) is 0 Å². The van der Waals surface area contributed by atoms with Crippen molar-refractivity contribution in [3.63, 3.8) is 0 Å². The molecule has 4 nitrogen and oxygen atoms in total. The van der Waals surface area contributed by atoms with E-state index >= 15 is 0 Å². The van der Waals surface area contributed by atoms with Crippen LogP contribution in [0.1, 0.15) is 53.9 Å². The molecule has 0 aliphatic carbocycles. The third-order valence-electron chi connectivity index (χ3n) is 2.91. The van der Waals surface area contributed by atoms with Crippen molar-refractivity contribution >= 4 is 6.03 Å². The lowest BCUT2D eigenvalue weighted by Crippen LogP contribution is -2.41. The van der Waals surface area contributed by atoms with E-state index < -0.39 is 0 Å². The summed E-state index contributed by atoms with van der Waals surface area (Å²) in [5, 5.41) is 14.6. The Labute approximate surface area is 112 Å². The van der Waals surface area contributed by atoms with Crippen molar-refractivity contribution in [2.24, 2.45) is 10.8 Å². The molecule has 0 aromatic heterocycles. The molecule has 3 N–H and O–H groups in total. The Hall–Kier alpha value is -0.770. The van der Waals surface area contributed by atoms with E-state index in [1.54, 1.807) is 0 Å². The van der Waals surface area contributed by atoms with Gasteiger partial charge in [0.15, 0.2) is 0 Å². The van der Waals surface area contributed by atoms with Crippen LogP contribution < -0.4 is 10.6 Å². The highest BCUT2D eigenvalue weighted by Crippen LogP contribution is 2.20. The summed E-state index contributed by atoms with van der Waals surface area (Å²) in [4.78, 5) is 11.5. The Morgan fingerprint density at radius 2 is 1.67 bits per heavy atom. The molecule has 0 aromatic rings. The van der Waals surface area contributed by atoms with Gasteiger partial charge in [0.25, 0.3) is 0 Å². The Kier molecular flexibility index (Phi) is 7.29. The van der Waals surface area contributed by atoms with Gasteiger partial charge in [-0.15, -0.1) is 0 Å². The first kappa shape index (κ1) is 17.2. The van der Waals surface area contributed by atoms with E-state index in [0.29, 0.717) is 24.9 Å². The number of hydrogen-bond donors (Lipinski definition) is 3. The van der Waals surface area contributed by atoms with Crippen LogP contribution >= 0.6 is 0 Å². The van der Waals surface area contributed by atoms with E-state index in [4.69, 9.17) is 5.11 Å². The Morgan fingerprint density at radius 3 is 2.17 bits per heavy atom. The summed E-state index contributed by atoms with van der Waals surface area (Å²) in [5.41, 5.74) is 0.263. The highest BCUT2D eigenvalue weighted by atomic mass is 16.3. The van der Waals surface area contributed by atoms with Crippen molar-refractivity contribution in [1.29, 1.82) is 0 Å². The van der Waals surface area contributed by atoms with Gasteiger partial charge in [-0.25, -0.2) is 4.79 Å². The number of hydrogen-bond acceptors (Lipinski definition) is 2. The summed E-state index contributed by atoms with van der Waals surface area (Å²) < 4.78 is 0. The first-order valence-corrected chi connectivity index (χ1v) is 6.79. The number of aliphatic hydroxyl groups excluding tert-OH is 1.